The van der Waals surface area contributed by atoms with Gasteiger partial charge in [0.15, 0.2) is 0 Å². The molecule has 0 bridgehead atoms. The predicted octanol–water partition coefficient (Wildman–Crippen LogP) is 6.05. The lowest BCUT2D eigenvalue weighted by molar-refractivity contribution is 0.538. The smallest absolute Gasteiger partial charge is 0.0217 e. The quantitative estimate of drug-likeness (QED) is 0.305. The van der Waals surface area contributed by atoms with E-state index >= 15 is 0 Å². The standard InChI is InChI=1S/C16H27Br/c1-13(2)16(5)10-9-14(3)7-6-8-15(4)11-12-17/h6,8,11,14H,7,9-10,12H2,1-5H3/b8-6+,15-11+. The van der Waals surface area contributed by atoms with E-state index in [1.54, 1.807) is 5.57 Å². The van der Waals surface area contributed by atoms with Gasteiger partial charge in [-0.3, -0.25) is 0 Å². The fourth-order valence-corrected chi connectivity index (χ4v) is 2.02. The van der Waals surface area contributed by atoms with Crippen LogP contribution in [0.25, 0.3) is 0 Å². The van der Waals surface area contributed by atoms with Crippen LogP contribution < -0.4 is 0 Å². The van der Waals surface area contributed by atoms with Gasteiger partial charge in [-0.05, 0) is 52.9 Å². The Bertz CT molecular complexity index is 291. The Kier molecular flexibility index (Phi) is 9.53. The number of halogens is 1. The summed E-state index contributed by atoms with van der Waals surface area (Å²) in [7, 11) is 0. The van der Waals surface area contributed by atoms with Gasteiger partial charge in [-0.25, -0.2) is 0 Å². The Morgan fingerprint density at radius 2 is 1.82 bits per heavy atom. The number of rotatable bonds is 7. The molecule has 0 rings (SSSR count). The van der Waals surface area contributed by atoms with Crippen LogP contribution in [0.4, 0.5) is 0 Å². The van der Waals surface area contributed by atoms with E-state index in [9.17, 15) is 0 Å². The van der Waals surface area contributed by atoms with Crippen molar-refractivity contribution in [1.29, 1.82) is 0 Å². The van der Waals surface area contributed by atoms with Crippen LogP contribution in [0, 0.1) is 5.92 Å². The van der Waals surface area contributed by atoms with Crippen LogP contribution >= 0.6 is 15.9 Å². The van der Waals surface area contributed by atoms with E-state index in [1.807, 2.05) is 0 Å². The van der Waals surface area contributed by atoms with E-state index in [4.69, 9.17) is 0 Å². The molecule has 0 spiro atoms. The van der Waals surface area contributed by atoms with Crippen molar-refractivity contribution in [2.24, 2.45) is 5.92 Å². The molecule has 0 saturated carbocycles. The highest BCUT2D eigenvalue weighted by Crippen LogP contribution is 2.17. The molecule has 98 valence electrons. The zero-order chi connectivity index (χ0) is 13.3. The molecule has 0 N–H and O–H groups in total. The van der Waals surface area contributed by atoms with Crippen molar-refractivity contribution in [3.8, 4) is 0 Å². The number of hydrogen-bond acceptors (Lipinski definition) is 0. The topological polar surface area (TPSA) is 0 Å². The predicted molar refractivity (Wildman–Crippen MR) is 83.8 cm³/mol. The van der Waals surface area contributed by atoms with Crippen LogP contribution in [-0.2, 0) is 0 Å². The van der Waals surface area contributed by atoms with Crippen molar-refractivity contribution >= 4 is 15.9 Å². The lowest BCUT2D eigenvalue weighted by Crippen LogP contribution is -1.94. The van der Waals surface area contributed by atoms with Crippen LogP contribution in [0.2, 0.25) is 0 Å². The summed E-state index contributed by atoms with van der Waals surface area (Å²) in [5.41, 5.74) is 4.37. The molecule has 0 saturated heterocycles. The highest BCUT2D eigenvalue weighted by molar-refractivity contribution is 9.09. The first-order valence-electron chi connectivity index (χ1n) is 6.49. The third kappa shape index (κ3) is 9.41. The molecule has 0 aromatic rings. The van der Waals surface area contributed by atoms with Crippen molar-refractivity contribution in [1.82, 2.24) is 0 Å². The van der Waals surface area contributed by atoms with Gasteiger partial charge in [-0.15, -0.1) is 0 Å². The van der Waals surface area contributed by atoms with Crippen LogP contribution in [0.5, 0.6) is 0 Å². The maximum absolute atomic E-state index is 3.41. The fourth-order valence-electron chi connectivity index (χ4n) is 1.51. The third-order valence-electron chi connectivity index (χ3n) is 3.18. The lowest BCUT2D eigenvalue weighted by Gasteiger charge is -2.09. The molecule has 0 heterocycles. The second-order valence-corrected chi connectivity index (χ2v) is 5.81. The van der Waals surface area contributed by atoms with E-state index in [-0.39, 0.29) is 0 Å². The van der Waals surface area contributed by atoms with Gasteiger partial charge in [0.25, 0.3) is 0 Å². The highest BCUT2D eigenvalue weighted by atomic mass is 79.9. The molecular formula is C16H27Br. The number of hydrogen-bond donors (Lipinski definition) is 0. The fraction of sp³-hybridized carbons (Fsp3) is 0.625. The molecular weight excluding hydrogens is 272 g/mol. The zero-order valence-corrected chi connectivity index (χ0v) is 13.6. The molecule has 1 heteroatoms. The van der Waals surface area contributed by atoms with Crippen molar-refractivity contribution in [3.63, 3.8) is 0 Å². The summed E-state index contributed by atoms with van der Waals surface area (Å²) in [5.74, 6) is 0.775. The SMILES string of the molecule is CC(C)=C(C)CCC(C)C/C=C/C(C)=C/CBr. The summed E-state index contributed by atoms with van der Waals surface area (Å²) in [4.78, 5) is 0. The minimum atomic E-state index is 0.775. The molecule has 0 aromatic carbocycles. The second-order valence-electron chi connectivity index (χ2n) is 5.16. The molecule has 0 aliphatic carbocycles. The number of alkyl halides is 1. The lowest BCUT2D eigenvalue weighted by atomic mass is 9.97. The first-order valence-corrected chi connectivity index (χ1v) is 7.61. The highest BCUT2D eigenvalue weighted by Gasteiger charge is 2.01. The maximum atomic E-state index is 3.41. The molecule has 1 unspecified atom stereocenters. The van der Waals surface area contributed by atoms with Gasteiger partial charge in [0.1, 0.15) is 0 Å². The van der Waals surface area contributed by atoms with Gasteiger partial charge in [-0.1, -0.05) is 57.8 Å². The molecule has 17 heavy (non-hydrogen) atoms. The van der Waals surface area contributed by atoms with Gasteiger partial charge >= 0.3 is 0 Å². The van der Waals surface area contributed by atoms with Gasteiger partial charge in [0, 0.05) is 5.33 Å². The second kappa shape index (κ2) is 9.70. The summed E-state index contributed by atoms with van der Waals surface area (Å²) in [5, 5.41) is 0.943. The van der Waals surface area contributed by atoms with E-state index in [0.29, 0.717) is 0 Å². The van der Waals surface area contributed by atoms with Gasteiger partial charge < -0.3 is 0 Å². The van der Waals surface area contributed by atoms with E-state index in [0.717, 1.165) is 11.2 Å². The minimum Gasteiger partial charge on any atom is -0.0883 e. The Labute approximate surface area is 116 Å². The molecule has 0 aliphatic heterocycles. The van der Waals surface area contributed by atoms with E-state index < -0.39 is 0 Å². The average Bonchev–Trinajstić information content (AvgIpc) is 2.26. The van der Waals surface area contributed by atoms with Gasteiger partial charge in [-0.2, -0.15) is 0 Å². The number of allylic oxidation sites excluding steroid dienone is 6. The summed E-state index contributed by atoms with van der Waals surface area (Å²) < 4.78 is 0. The van der Waals surface area contributed by atoms with Crippen molar-refractivity contribution in [2.75, 3.05) is 5.33 Å². The molecule has 0 amide bonds. The van der Waals surface area contributed by atoms with Crippen molar-refractivity contribution < 1.29 is 0 Å². The molecule has 0 radical (unpaired) electrons. The van der Waals surface area contributed by atoms with Gasteiger partial charge in [0.2, 0.25) is 0 Å². The summed E-state index contributed by atoms with van der Waals surface area (Å²) in [6.45, 7) is 11.1. The summed E-state index contributed by atoms with van der Waals surface area (Å²) in [6, 6.07) is 0. The summed E-state index contributed by atoms with van der Waals surface area (Å²) >= 11 is 3.41. The Balaban J connectivity index is 3.92. The van der Waals surface area contributed by atoms with Crippen LogP contribution in [0.3, 0.4) is 0 Å². The normalized spacial score (nSPS) is 14.1. The van der Waals surface area contributed by atoms with Crippen molar-refractivity contribution in [3.05, 3.63) is 34.9 Å². The van der Waals surface area contributed by atoms with Crippen LogP contribution in [0.15, 0.2) is 34.9 Å². The molecule has 0 fully saturated rings. The largest absolute Gasteiger partial charge is 0.0883 e. The van der Waals surface area contributed by atoms with Crippen LogP contribution in [0.1, 0.15) is 53.9 Å². The zero-order valence-electron chi connectivity index (χ0n) is 12.0. The monoisotopic (exact) mass is 298 g/mol. The Morgan fingerprint density at radius 3 is 2.35 bits per heavy atom. The Morgan fingerprint density at radius 1 is 1.18 bits per heavy atom. The van der Waals surface area contributed by atoms with Crippen LogP contribution in [-0.4, -0.2) is 5.33 Å². The first-order chi connectivity index (χ1) is 7.97. The van der Waals surface area contributed by atoms with E-state index in [1.165, 1.54) is 30.4 Å². The first kappa shape index (κ1) is 16.7. The van der Waals surface area contributed by atoms with Crippen molar-refractivity contribution in [2.45, 2.75) is 53.9 Å². The third-order valence-corrected chi connectivity index (χ3v) is 3.51. The molecule has 0 nitrogen and oxygen atoms in total. The Hall–Kier alpha value is -0.300. The maximum Gasteiger partial charge on any atom is 0.0217 e. The molecule has 0 aromatic heterocycles. The average molecular weight is 299 g/mol. The van der Waals surface area contributed by atoms with Gasteiger partial charge in [0.05, 0.1) is 0 Å². The molecule has 0 aliphatic rings. The molecule has 1 atom stereocenters. The minimum absolute atomic E-state index is 0.775. The van der Waals surface area contributed by atoms with E-state index in [2.05, 4.69) is 68.8 Å². The summed E-state index contributed by atoms with van der Waals surface area (Å²) in [6.07, 6.45) is 10.4.